The fraction of sp³-hybridized carbons (Fsp3) is 0.238. The average Bonchev–Trinajstić information content (AvgIpc) is 3.54. The number of pyridine rings is 1. The van der Waals surface area contributed by atoms with Gasteiger partial charge >= 0.3 is 6.03 Å². The molecule has 1 aromatic carbocycles. The van der Waals surface area contributed by atoms with E-state index in [1.165, 1.54) is 21.4 Å². The Morgan fingerprint density at radius 1 is 1.22 bits per heavy atom. The summed E-state index contributed by atoms with van der Waals surface area (Å²) in [5.74, 6) is -1.65. The third-order valence-electron chi connectivity index (χ3n) is 5.07. The molecule has 9 nitrogen and oxygen atoms in total. The van der Waals surface area contributed by atoms with Gasteiger partial charge in [0.25, 0.3) is 5.91 Å². The normalized spacial score (nSPS) is 13.1. The molecule has 2 aromatic heterocycles. The molecule has 0 aliphatic heterocycles. The fourth-order valence-electron chi connectivity index (χ4n) is 3.32. The minimum Gasteiger partial charge on any atom is -0.364 e. The van der Waals surface area contributed by atoms with Crippen molar-refractivity contribution in [3.8, 4) is 0 Å². The van der Waals surface area contributed by atoms with Crippen molar-refractivity contribution in [1.29, 1.82) is 0 Å². The van der Waals surface area contributed by atoms with Gasteiger partial charge in [-0.15, -0.1) is 0 Å². The first-order valence-electron chi connectivity index (χ1n) is 9.89. The molecule has 0 bridgehead atoms. The quantitative estimate of drug-likeness (QED) is 0.503. The number of hydrogen-bond acceptors (Lipinski definition) is 4. The van der Waals surface area contributed by atoms with Gasteiger partial charge in [-0.2, -0.15) is 0 Å². The van der Waals surface area contributed by atoms with Gasteiger partial charge in [-0.1, -0.05) is 29.8 Å². The van der Waals surface area contributed by atoms with Crippen molar-refractivity contribution in [2.75, 3.05) is 11.9 Å². The number of nitrogens with one attached hydrogen (secondary N) is 2. The van der Waals surface area contributed by atoms with E-state index in [9.17, 15) is 18.8 Å². The van der Waals surface area contributed by atoms with Crippen LogP contribution in [0.25, 0.3) is 5.52 Å². The van der Waals surface area contributed by atoms with Gasteiger partial charge in [0.05, 0.1) is 10.5 Å². The summed E-state index contributed by atoms with van der Waals surface area (Å²) >= 11 is 5.76. The van der Waals surface area contributed by atoms with Gasteiger partial charge in [0.15, 0.2) is 5.69 Å². The number of fused-ring (bicyclic) bond motifs is 1. The highest BCUT2D eigenvalue weighted by Gasteiger charge is 2.34. The maximum absolute atomic E-state index is 14.0. The number of rotatable bonds is 7. The minimum absolute atomic E-state index is 0.0279. The Balaban J connectivity index is 1.45. The largest absolute Gasteiger partial charge is 0.364 e. The molecule has 166 valence electrons. The van der Waals surface area contributed by atoms with E-state index in [1.807, 2.05) is 0 Å². The first-order valence-corrected chi connectivity index (χ1v) is 10.3. The third-order valence-corrected chi connectivity index (χ3v) is 5.36. The Kier molecular flexibility index (Phi) is 5.95. The second-order valence-electron chi connectivity index (χ2n) is 7.38. The summed E-state index contributed by atoms with van der Waals surface area (Å²) < 4.78 is 15.5. The van der Waals surface area contributed by atoms with Crippen molar-refractivity contribution in [1.82, 2.24) is 19.6 Å². The predicted octanol–water partition coefficient (Wildman–Crippen LogP) is 2.54. The molecule has 0 unspecified atom stereocenters. The van der Waals surface area contributed by atoms with Crippen LogP contribution in [0.4, 0.5) is 15.1 Å². The van der Waals surface area contributed by atoms with Gasteiger partial charge < -0.3 is 16.0 Å². The monoisotopic (exact) mass is 458 g/mol. The van der Waals surface area contributed by atoms with Crippen LogP contribution >= 0.6 is 11.6 Å². The predicted molar refractivity (Wildman–Crippen MR) is 116 cm³/mol. The SMILES string of the molecule is NC(=O)c1nc(NC(=O)N(CC(=O)NCc2cccc(Cl)c2F)C2CC2)n2ccccc12. The summed E-state index contributed by atoms with van der Waals surface area (Å²) in [5, 5.41) is 5.23. The molecular weight excluding hydrogens is 439 g/mol. The number of nitrogens with zero attached hydrogens (tertiary/aromatic N) is 3. The van der Waals surface area contributed by atoms with Crippen molar-refractivity contribution in [2.24, 2.45) is 5.73 Å². The zero-order valence-corrected chi connectivity index (χ0v) is 17.6. The summed E-state index contributed by atoms with van der Waals surface area (Å²) in [6, 6.07) is 9.00. The fourth-order valence-corrected chi connectivity index (χ4v) is 3.51. The van der Waals surface area contributed by atoms with Crippen LogP contribution < -0.4 is 16.4 Å². The second-order valence-corrected chi connectivity index (χ2v) is 7.79. The van der Waals surface area contributed by atoms with Crippen LogP contribution in [0.3, 0.4) is 0 Å². The smallest absolute Gasteiger partial charge is 0.324 e. The van der Waals surface area contributed by atoms with Gasteiger partial charge in [-0.05, 0) is 31.0 Å². The molecule has 0 atom stereocenters. The Morgan fingerprint density at radius 2 is 2.00 bits per heavy atom. The van der Waals surface area contributed by atoms with Gasteiger partial charge in [-0.25, -0.2) is 14.2 Å². The molecule has 4 rings (SSSR count). The maximum atomic E-state index is 14.0. The lowest BCUT2D eigenvalue weighted by Crippen LogP contribution is -2.44. The van der Waals surface area contributed by atoms with Crippen molar-refractivity contribution < 1.29 is 18.8 Å². The molecule has 1 aliphatic rings. The maximum Gasteiger partial charge on any atom is 0.324 e. The molecule has 1 saturated carbocycles. The first kappa shape index (κ1) is 21.6. The Bertz CT molecular complexity index is 1210. The first-order chi connectivity index (χ1) is 15.3. The molecule has 1 fully saturated rings. The molecule has 3 aromatic rings. The lowest BCUT2D eigenvalue weighted by atomic mass is 10.2. The Labute approximate surface area is 187 Å². The standard InChI is InChI=1S/C21H20ClFN6O3/c22-14-5-3-4-12(17(14)23)10-25-16(30)11-29(13-7-8-13)21(32)27-20-26-18(19(24)31)15-6-1-2-9-28(15)20/h1-6,9,13H,7-8,10-11H2,(H2,24,31)(H,25,30)(H,26,27,32). The van der Waals surface area contributed by atoms with Crippen LogP contribution in [0, 0.1) is 5.82 Å². The molecule has 1 aliphatic carbocycles. The molecular formula is C21H20ClFN6O3. The van der Waals surface area contributed by atoms with E-state index in [0.29, 0.717) is 5.52 Å². The van der Waals surface area contributed by atoms with E-state index in [2.05, 4.69) is 15.6 Å². The molecule has 0 saturated heterocycles. The van der Waals surface area contributed by atoms with E-state index < -0.39 is 23.7 Å². The van der Waals surface area contributed by atoms with E-state index in [4.69, 9.17) is 17.3 Å². The van der Waals surface area contributed by atoms with Crippen LogP contribution in [0.5, 0.6) is 0 Å². The van der Waals surface area contributed by atoms with E-state index in [1.54, 1.807) is 30.5 Å². The third kappa shape index (κ3) is 4.50. The number of nitrogens with two attached hydrogens (primary N) is 1. The van der Waals surface area contributed by atoms with Crippen molar-refractivity contribution >= 4 is 40.9 Å². The molecule has 11 heteroatoms. The number of amides is 4. The van der Waals surface area contributed by atoms with Crippen LogP contribution in [0.2, 0.25) is 5.02 Å². The van der Waals surface area contributed by atoms with Crippen LogP contribution in [0.1, 0.15) is 28.9 Å². The zero-order valence-electron chi connectivity index (χ0n) is 16.8. The number of anilines is 1. The highest BCUT2D eigenvalue weighted by molar-refractivity contribution is 6.30. The van der Waals surface area contributed by atoms with E-state index in [0.717, 1.165) is 12.8 Å². The topological polar surface area (TPSA) is 122 Å². The molecule has 4 amide bonds. The van der Waals surface area contributed by atoms with Gasteiger partial charge in [0.2, 0.25) is 11.9 Å². The summed E-state index contributed by atoms with van der Waals surface area (Å²) in [5.41, 5.74) is 6.11. The van der Waals surface area contributed by atoms with E-state index >= 15 is 0 Å². The molecule has 2 heterocycles. The summed E-state index contributed by atoms with van der Waals surface area (Å²) in [6.07, 6.45) is 3.16. The number of carbonyl (C=O) groups is 3. The van der Waals surface area contributed by atoms with Crippen LogP contribution in [-0.2, 0) is 11.3 Å². The van der Waals surface area contributed by atoms with Gasteiger partial charge in [0.1, 0.15) is 12.4 Å². The lowest BCUT2D eigenvalue weighted by molar-refractivity contribution is -0.121. The zero-order chi connectivity index (χ0) is 22.8. The number of benzene rings is 1. The van der Waals surface area contributed by atoms with Gasteiger partial charge in [0, 0.05) is 24.3 Å². The highest BCUT2D eigenvalue weighted by Crippen LogP contribution is 2.27. The molecule has 32 heavy (non-hydrogen) atoms. The number of aromatic nitrogens is 2. The number of hydrogen-bond donors (Lipinski definition) is 3. The Hall–Kier alpha value is -3.66. The van der Waals surface area contributed by atoms with Crippen LogP contribution in [-0.4, -0.2) is 44.7 Å². The number of primary amides is 1. The lowest BCUT2D eigenvalue weighted by Gasteiger charge is -2.22. The minimum atomic E-state index is -0.721. The van der Waals surface area contributed by atoms with Crippen molar-refractivity contribution in [2.45, 2.75) is 25.4 Å². The number of carbonyl (C=O) groups excluding carboxylic acids is 3. The highest BCUT2D eigenvalue weighted by atomic mass is 35.5. The summed E-state index contributed by atoms with van der Waals surface area (Å²) in [7, 11) is 0. The van der Waals surface area contributed by atoms with Gasteiger partial charge in [-0.3, -0.25) is 19.3 Å². The molecule has 4 N–H and O–H groups in total. The summed E-state index contributed by atoms with van der Waals surface area (Å²) in [6.45, 7) is -0.275. The van der Waals surface area contributed by atoms with E-state index in [-0.39, 0.29) is 41.4 Å². The molecule has 0 radical (unpaired) electrons. The number of urea groups is 1. The van der Waals surface area contributed by atoms with Crippen LogP contribution in [0.15, 0.2) is 42.6 Å². The van der Waals surface area contributed by atoms with Crippen molar-refractivity contribution in [3.05, 3.63) is 64.7 Å². The Morgan fingerprint density at radius 3 is 2.72 bits per heavy atom. The number of halogens is 2. The second kappa shape index (κ2) is 8.83. The summed E-state index contributed by atoms with van der Waals surface area (Å²) in [4.78, 5) is 42.6. The van der Waals surface area contributed by atoms with Crippen molar-refractivity contribution in [3.63, 3.8) is 0 Å². The molecule has 0 spiro atoms. The number of imidazole rings is 1. The average molecular weight is 459 g/mol.